The van der Waals surface area contributed by atoms with Gasteiger partial charge in [0.05, 0.1) is 6.61 Å². The lowest BCUT2D eigenvalue weighted by Crippen LogP contribution is -2.19. The van der Waals surface area contributed by atoms with Gasteiger partial charge in [0.2, 0.25) is 0 Å². The Morgan fingerprint density at radius 3 is 2.71 bits per heavy atom. The zero-order valence-electron chi connectivity index (χ0n) is 10.9. The lowest BCUT2D eigenvalue weighted by molar-refractivity contribution is 0.258. The Bertz CT molecular complexity index is 315. The molecule has 0 amide bonds. The summed E-state index contributed by atoms with van der Waals surface area (Å²) in [4.78, 5) is 2.26. The lowest BCUT2D eigenvalue weighted by atomic mass is 10.2. The fraction of sp³-hybridized carbons (Fsp3) is 0.571. The number of aliphatic hydroxyl groups is 1. The summed E-state index contributed by atoms with van der Waals surface area (Å²) in [6, 6.07) is 8.16. The molecule has 96 valence electrons. The van der Waals surface area contributed by atoms with Gasteiger partial charge in [-0.15, -0.1) is 0 Å². The van der Waals surface area contributed by atoms with Crippen molar-refractivity contribution in [3.8, 4) is 5.75 Å². The topological polar surface area (TPSA) is 32.7 Å². The first kappa shape index (κ1) is 14.0. The van der Waals surface area contributed by atoms with Crippen molar-refractivity contribution in [2.45, 2.75) is 26.3 Å². The number of aliphatic hydroxyl groups excluding tert-OH is 1. The van der Waals surface area contributed by atoms with Gasteiger partial charge in [0, 0.05) is 18.7 Å². The Morgan fingerprint density at radius 1 is 1.24 bits per heavy atom. The molecule has 0 heterocycles. The maximum Gasteiger partial charge on any atom is 0.123 e. The van der Waals surface area contributed by atoms with Crippen molar-refractivity contribution < 1.29 is 9.84 Å². The molecular formula is C14H23NO2. The molecule has 0 aliphatic heterocycles. The minimum Gasteiger partial charge on any atom is -0.494 e. The van der Waals surface area contributed by atoms with E-state index in [0.29, 0.717) is 6.61 Å². The van der Waals surface area contributed by atoms with Gasteiger partial charge in [-0.25, -0.2) is 0 Å². The average Bonchev–Trinajstić information content (AvgIpc) is 2.32. The number of ether oxygens (including phenoxy) is 1. The molecule has 3 heteroatoms. The molecule has 0 fully saturated rings. The molecule has 0 spiro atoms. The predicted molar refractivity (Wildman–Crippen MR) is 70.3 cm³/mol. The van der Waals surface area contributed by atoms with Gasteiger partial charge in [-0.05, 0) is 39.4 Å². The summed E-state index contributed by atoms with van der Waals surface area (Å²) >= 11 is 0. The van der Waals surface area contributed by atoms with E-state index in [1.807, 2.05) is 25.1 Å². The molecule has 1 aromatic rings. The van der Waals surface area contributed by atoms with Gasteiger partial charge in [0.25, 0.3) is 0 Å². The van der Waals surface area contributed by atoms with E-state index in [-0.39, 0.29) is 6.61 Å². The monoisotopic (exact) mass is 237 g/mol. The second-order valence-electron chi connectivity index (χ2n) is 4.21. The molecule has 0 bridgehead atoms. The van der Waals surface area contributed by atoms with Crippen molar-refractivity contribution in [3.63, 3.8) is 0 Å². The van der Waals surface area contributed by atoms with E-state index >= 15 is 0 Å². The number of benzene rings is 1. The molecule has 0 radical (unpaired) electrons. The molecule has 0 saturated heterocycles. The van der Waals surface area contributed by atoms with Crippen molar-refractivity contribution in [2.75, 3.05) is 26.8 Å². The summed E-state index contributed by atoms with van der Waals surface area (Å²) in [5, 5.41) is 8.74. The number of hydrogen-bond acceptors (Lipinski definition) is 3. The molecule has 1 aromatic carbocycles. The standard InChI is InChI=1S/C14H23NO2/c1-3-17-14-9-5-4-8-13(14)12-15(2)10-6-7-11-16/h4-5,8-9,16H,3,6-7,10-12H2,1-2H3. The van der Waals surface area contributed by atoms with Crippen LogP contribution in [0.4, 0.5) is 0 Å². The molecule has 0 aromatic heterocycles. The van der Waals surface area contributed by atoms with Crippen molar-refractivity contribution >= 4 is 0 Å². The Labute approximate surface area is 104 Å². The van der Waals surface area contributed by atoms with Crippen LogP contribution >= 0.6 is 0 Å². The normalized spacial score (nSPS) is 10.8. The Balaban J connectivity index is 2.48. The molecule has 17 heavy (non-hydrogen) atoms. The van der Waals surface area contributed by atoms with E-state index in [2.05, 4.69) is 18.0 Å². The van der Waals surface area contributed by atoms with E-state index in [4.69, 9.17) is 9.84 Å². The number of nitrogens with zero attached hydrogens (tertiary/aromatic N) is 1. The van der Waals surface area contributed by atoms with Gasteiger partial charge < -0.3 is 14.7 Å². The van der Waals surface area contributed by atoms with Crippen LogP contribution in [0.25, 0.3) is 0 Å². The van der Waals surface area contributed by atoms with Crippen molar-refractivity contribution in [1.29, 1.82) is 0 Å². The quantitative estimate of drug-likeness (QED) is 0.704. The molecule has 0 aliphatic rings. The summed E-state index contributed by atoms with van der Waals surface area (Å²) < 4.78 is 5.60. The third kappa shape index (κ3) is 5.20. The molecule has 1 rings (SSSR count). The second kappa shape index (κ2) is 8.09. The van der Waals surface area contributed by atoms with Crippen molar-refractivity contribution in [1.82, 2.24) is 4.90 Å². The highest BCUT2D eigenvalue weighted by molar-refractivity contribution is 5.33. The minimum atomic E-state index is 0.281. The van der Waals surface area contributed by atoms with Crippen LogP contribution in [-0.2, 0) is 6.54 Å². The third-order valence-corrected chi connectivity index (χ3v) is 2.66. The van der Waals surface area contributed by atoms with Crippen LogP contribution in [0.1, 0.15) is 25.3 Å². The highest BCUT2D eigenvalue weighted by Crippen LogP contribution is 2.19. The smallest absolute Gasteiger partial charge is 0.123 e. The summed E-state index contributed by atoms with van der Waals surface area (Å²) in [7, 11) is 2.10. The highest BCUT2D eigenvalue weighted by Gasteiger charge is 2.05. The highest BCUT2D eigenvalue weighted by atomic mass is 16.5. The summed E-state index contributed by atoms with van der Waals surface area (Å²) in [5.41, 5.74) is 1.22. The molecule has 0 aliphatic carbocycles. The summed E-state index contributed by atoms with van der Waals surface area (Å²) in [5.74, 6) is 0.976. The first-order chi connectivity index (χ1) is 8.27. The van der Waals surface area contributed by atoms with Crippen LogP contribution < -0.4 is 4.74 Å². The van der Waals surface area contributed by atoms with Gasteiger partial charge in [-0.1, -0.05) is 18.2 Å². The zero-order valence-corrected chi connectivity index (χ0v) is 10.9. The van der Waals surface area contributed by atoms with Gasteiger partial charge in [0.15, 0.2) is 0 Å². The van der Waals surface area contributed by atoms with Crippen LogP contribution in [-0.4, -0.2) is 36.8 Å². The maximum absolute atomic E-state index is 8.74. The van der Waals surface area contributed by atoms with Crippen LogP contribution in [0.2, 0.25) is 0 Å². The van der Waals surface area contributed by atoms with E-state index in [1.54, 1.807) is 0 Å². The van der Waals surface area contributed by atoms with Gasteiger partial charge in [-0.3, -0.25) is 0 Å². The summed E-state index contributed by atoms with van der Waals surface area (Å²) in [6.07, 6.45) is 1.90. The van der Waals surface area contributed by atoms with E-state index in [9.17, 15) is 0 Å². The van der Waals surface area contributed by atoms with Crippen LogP contribution in [0.15, 0.2) is 24.3 Å². The predicted octanol–water partition coefficient (Wildman–Crippen LogP) is 2.29. The van der Waals surface area contributed by atoms with Crippen LogP contribution in [0.3, 0.4) is 0 Å². The Hall–Kier alpha value is -1.06. The SMILES string of the molecule is CCOc1ccccc1CN(C)CCCCO. The first-order valence-corrected chi connectivity index (χ1v) is 6.28. The van der Waals surface area contributed by atoms with E-state index in [1.165, 1.54) is 5.56 Å². The zero-order chi connectivity index (χ0) is 12.5. The number of rotatable bonds is 8. The van der Waals surface area contributed by atoms with Crippen LogP contribution in [0.5, 0.6) is 5.75 Å². The van der Waals surface area contributed by atoms with E-state index < -0.39 is 0 Å². The first-order valence-electron chi connectivity index (χ1n) is 6.28. The van der Waals surface area contributed by atoms with Gasteiger partial charge in [0.1, 0.15) is 5.75 Å². The number of unbranched alkanes of at least 4 members (excludes halogenated alkanes) is 1. The van der Waals surface area contributed by atoms with Crippen LogP contribution in [0, 0.1) is 0 Å². The molecule has 0 unspecified atom stereocenters. The molecule has 0 atom stereocenters. The van der Waals surface area contributed by atoms with Crippen molar-refractivity contribution in [3.05, 3.63) is 29.8 Å². The second-order valence-corrected chi connectivity index (χ2v) is 4.21. The lowest BCUT2D eigenvalue weighted by Gasteiger charge is -2.18. The third-order valence-electron chi connectivity index (χ3n) is 2.66. The fourth-order valence-corrected chi connectivity index (χ4v) is 1.79. The number of hydrogen-bond donors (Lipinski definition) is 1. The Kier molecular flexibility index (Phi) is 6.67. The number of para-hydroxylation sites is 1. The molecular weight excluding hydrogens is 214 g/mol. The molecule has 0 saturated carbocycles. The minimum absolute atomic E-state index is 0.281. The fourth-order valence-electron chi connectivity index (χ4n) is 1.79. The average molecular weight is 237 g/mol. The van der Waals surface area contributed by atoms with Gasteiger partial charge >= 0.3 is 0 Å². The summed E-state index contributed by atoms with van der Waals surface area (Å²) in [6.45, 7) is 4.87. The molecule has 1 N–H and O–H groups in total. The van der Waals surface area contributed by atoms with Crippen molar-refractivity contribution in [2.24, 2.45) is 0 Å². The van der Waals surface area contributed by atoms with Gasteiger partial charge in [-0.2, -0.15) is 0 Å². The largest absolute Gasteiger partial charge is 0.494 e. The Morgan fingerprint density at radius 2 is 2.00 bits per heavy atom. The molecule has 3 nitrogen and oxygen atoms in total. The maximum atomic E-state index is 8.74. The van der Waals surface area contributed by atoms with E-state index in [0.717, 1.165) is 31.7 Å².